The summed E-state index contributed by atoms with van der Waals surface area (Å²) in [5.74, 6) is -0.268. The number of rotatable bonds is 14. The minimum absolute atomic E-state index is 0.0893. The maximum absolute atomic E-state index is 12.8. The van der Waals surface area contributed by atoms with Gasteiger partial charge in [0.1, 0.15) is 85.5 Å². The van der Waals surface area contributed by atoms with E-state index in [1.54, 1.807) is 0 Å². The molecule has 4 aliphatic heterocycles. The summed E-state index contributed by atoms with van der Waals surface area (Å²) in [6.07, 6.45) is -21.5. The first-order valence-electron chi connectivity index (χ1n) is 27.6. The van der Waals surface area contributed by atoms with Gasteiger partial charge < -0.3 is 104 Å². The van der Waals surface area contributed by atoms with Crippen LogP contribution >= 0.6 is 0 Å². The average Bonchev–Trinajstić information content (AvgIpc) is 3.75. The maximum Gasteiger partial charge on any atom is 0.187 e. The molecule has 0 radical (unpaired) electrons. The number of hydrogen-bond acceptors (Lipinski definition) is 21. The van der Waals surface area contributed by atoms with E-state index in [2.05, 4.69) is 40.7 Å². The van der Waals surface area contributed by atoms with Gasteiger partial charge in [-0.3, -0.25) is 0 Å². The quantitative estimate of drug-likeness (QED) is 0.0795. The number of allylic oxidation sites excluding steroid dienone is 2. The zero-order valence-electron chi connectivity index (χ0n) is 45.4. The van der Waals surface area contributed by atoms with E-state index >= 15 is 0 Å². The molecule has 8 rings (SSSR count). The van der Waals surface area contributed by atoms with Crippen molar-refractivity contribution in [2.24, 2.45) is 45.3 Å². The number of hydrogen-bond donors (Lipinski definition) is 13. The molecular formula is C54H92O21. The van der Waals surface area contributed by atoms with E-state index < -0.39 is 159 Å². The fraction of sp³-hybridized carbons (Fsp3) is 0.963. The van der Waals surface area contributed by atoms with Crippen LogP contribution in [0.15, 0.2) is 11.6 Å². The van der Waals surface area contributed by atoms with Crippen LogP contribution in [-0.4, -0.2) is 220 Å². The molecular weight excluding hydrogens is 985 g/mol. The van der Waals surface area contributed by atoms with Crippen LogP contribution in [0, 0.1) is 45.3 Å². The van der Waals surface area contributed by atoms with Gasteiger partial charge in [0.15, 0.2) is 25.2 Å². The van der Waals surface area contributed by atoms with Crippen molar-refractivity contribution in [1.29, 1.82) is 0 Å². The van der Waals surface area contributed by atoms with E-state index in [4.69, 9.17) is 37.9 Å². The monoisotopic (exact) mass is 1080 g/mol. The van der Waals surface area contributed by atoms with E-state index in [0.29, 0.717) is 32.1 Å². The molecule has 75 heavy (non-hydrogen) atoms. The van der Waals surface area contributed by atoms with Crippen LogP contribution in [0.5, 0.6) is 0 Å². The third-order valence-electron chi connectivity index (χ3n) is 20.8. The van der Waals surface area contributed by atoms with Gasteiger partial charge in [-0.25, -0.2) is 0 Å². The van der Waals surface area contributed by atoms with E-state index in [1.165, 1.54) is 13.8 Å². The first-order valence-corrected chi connectivity index (χ1v) is 27.6. The summed E-state index contributed by atoms with van der Waals surface area (Å²) in [6.45, 7) is 19.6. The molecule has 4 saturated carbocycles. The van der Waals surface area contributed by atoms with Gasteiger partial charge in [-0.15, -0.1) is 0 Å². The Bertz CT molecular complexity index is 1960. The number of ether oxygens (including phenoxy) is 8. The molecule has 0 amide bonds. The maximum atomic E-state index is 12.8. The van der Waals surface area contributed by atoms with Gasteiger partial charge in [0.25, 0.3) is 0 Å². The summed E-state index contributed by atoms with van der Waals surface area (Å²) in [5, 5.41) is 142. The standard InChI is InChI=1S/C54H92O21/c1-23(2)12-11-16-54(10,75-49-45(67)41(63)37(59)29(73-49)22-69-47-43(65)39(61)35(57)25(4)71-47)26-13-18-53(9)33(26)27(55)20-31-51(7)17-15-32(50(5,6)30(51)14-19-52(31,53)8)74-48-44(66)40(62)36(58)28(72-48)21-68-46-42(64)38(60)34(56)24(3)70-46/h12,24-49,55-67H,11,13-22H2,1-10H3. The lowest BCUT2D eigenvalue weighted by Gasteiger charge is -2.71. The molecule has 8 aliphatic rings. The van der Waals surface area contributed by atoms with Crippen molar-refractivity contribution >= 4 is 0 Å². The lowest BCUT2D eigenvalue weighted by Crippen LogP contribution is -2.67. The van der Waals surface area contributed by atoms with Gasteiger partial charge in [0, 0.05) is 0 Å². The molecule has 4 heterocycles. The van der Waals surface area contributed by atoms with Crippen molar-refractivity contribution in [2.75, 3.05) is 13.2 Å². The largest absolute Gasteiger partial charge is 0.393 e. The minimum Gasteiger partial charge on any atom is -0.393 e. The second kappa shape index (κ2) is 22.3. The molecule has 4 aliphatic carbocycles. The van der Waals surface area contributed by atoms with E-state index in [-0.39, 0.29) is 39.9 Å². The zero-order chi connectivity index (χ0) is 55.2. The first-order chi connectivity index (χ1) is 34.9. The smallest absolute Gasteiger partial charge is 0.187 e. The normalized spacial score (nSPS) is 53.7. The van der Waals surface area contributed by atoms with Crippen LogP contribution in [0.25, 0.3) is 0 Å². The van der Waals surface area contributed by atoms with Crippen LogP contribution in [-0.2, 0) is 37.9 Å². The van der Waals surface area contributed by atoms with Crippen molar-refractivity contribution in [3.8, 4) is 0 Å². The summed E-state index contributed by atoms with van der Waals surface area (Å²) in [4.78, 5) is 0. The highest BCUT2D eigenvalue weighted by Gasteiger charge is 2.72. The minimum atomic E-state index is -1.70. The molecule has 13 N–H and O–H groups in total. The highest BCUT2D eigenvalue weighted by atomic mass is 16.7. The van der Waals surface area contributed by atoms with Crippen LogP contribution in [0.3, 0.4) is 0 Å². The molecule has 21 heteroatoms. The van der Waals surface area contributed by atoms with Gasteiger partial charge in [-0.05, 0) is 138 Å². The van der Waals surface area contributed by atoms with Crippen LogP contribution in [0.4, 0.5) is 0 Å². The predicted molar refractivity (Wildman–Crippen MR) is 263 cm³/mol. The summed E-state index contributed by atoms with van der Waals surface area (Å²) in [5.41, 5.74) is -1.28. The Hall–Kier alpha value is -1.10. The molecule has 0 aromatic heterocycles. The summed E-state index contributed by atoms with van der Waals surface area (Å²) in [6, 6.07) is 0. The summed E-state index contributed by atoms with van der Waals surface area (Å²) >= 11 is 0. The van der Waals surface area contributed by atoms with Crippen molar-refractivity contribution < 1.29 is 104 Å². The third kappa shape index (κ3) is 10.6. The molecule has 0 aromatic carbocycles. The zero-order valence-corrected chi connectivity index (χ0v) is 45.4. The predicted octanol–water partition coefficient (Wildman–Crippen LogP) is -0.147. The number of aliphatic hydroxyl groups is 13. The van der Waals surface area contributed by atoms with Gasteiger partial charge in [0.2, 0.25) is 0 Å². The van der Waals surface area contributed by atoms with Crippen LogP contribution in [0.2, 0.25) is 0 Å². The van der Waals surface area contributed by atoms with Gasteiger partial charge in [-0.1, -0.05) is 46.3 Å². The Morgan fingerprint density at radius 2 is 1.03 bits per heavy atom. The molecule has 21 nitrogen and oxygen atoms in total. The van der Waals surface area contributed by atoms with Crippen molar-refractivity contribution in [3.63, 3.8) is 0 Å². The Balaban J connectivity index is 0.976. The van der Waals surface area contributed by atoms with Crippen LogP contribution < -0.4 is 0 Å². The Morgan fingerprint density at radius 1 is 0.547 bits per heavy atom. The molecule has 8 fully saturated rings. The number of aliphatic hydroxyl groups excluding tert-OH is 13. The molecule has 0 bridgehead atoms. The van der Waals surface area contributed by atoms with E-state index in [1.807, 2.05) is 20.8 Å². The Labute approximate surface area is 441 Å². The highest BCUT2D eigenvalue weighted by Crippen LogP contribution is 2.76. The highest BCUT2D eigenvalue weighted by molar-refractivity contribution is 5.20. The Kier molecular flexibility index (Phi) is 17.9. The molecule has 30 unspecified atom stereocenters. The lowest BCUT2D eigenvalue weighted by atomic mass is 9.35. The second-order valence-corrected chi connectivity index (χ2v) is 25.8. The fourth-order valence-electron chi connectivity index (χ4n) is 16.1. The summed E-state index contributed by atoms with van der Waals surface area (Å²) < 4.78 is 48.6. The molecule has 0 aromatic rings. The third-order valence-corrected chi connectivity index (χ3v) is 20.8. The Morgan fingerprint density at radius 3 is 1.56 bits per heavy atom. The van der Waals surface area contributed by atoms with Gasteiger partial charge in [0.05, 0.1) is 43.2 Å². The lowest BCUT2D eigenvalue weighted by molar-refractivity contribution is -0.349. The second-order valence-electron chi connectivity index (χ2n) is 25.8. The fourth-order valence-corrected chi connectivity index (χ4v) is 16.1. The van der Waals surface area contributed by atoms with Crippen molar-refractivity contribution in [3.05, 3.63) is 11.6 Å². The topological polar surface area (TPSA) is 337 Å². The van der Waals surface area contributed by atoms with Gasteiger partial charge >= 0.3 is 0 Å². The van der Waals surface area contributed by atoms with Crippen molar-refractivity contribution in [2.45, 2.75) is 268 Å². The molecule has 0 spiro atoms. The van der Waals surface area contributed by atoms with E-state index in [0.717, 1.165) is 31.3 Å². The first kappa shape index (κ1) is 60.0. The molecule has 434 valence electrons. The van der Waals surface area contributed by atoms with Gasteiger partial charge in [-0.2, -0.15) is 0 Å². The van der Waals surface area contributed by atoms with Crippen LogP contribution in [0.1, 0.15) is 127 Å². The molecule has 4 saturated heterocycles. The number of fused-ring (bicyclic) bond motifs is 5. The SMILES string of the molecule is CC(C)=CCCC(C)(OC1OC(COC2OC(C)C(O)C(O)C2O)C(O)C(O)C1O)C1CCC2(C)C1C(O)CC1C3(C)CCC(OC4OC(COC5OC(C)C(O)C(O)C5O)C(O)C(O)C4O)C(C)(C)C3CCC12C. The summed E-state index contributed by atoms with van der Waals surface area (Å²) in [7, 11) is 0. The average molecular weight is 1080 g/mol. The van der Waals surface area contributed by atoms with Crippen molar-refractivity contribution in [1.82, 2.24) is 0 Å². The van der Waals surface area contributed by atoms with E-state index in [9.17, 15) is 66.4 Å². The molecule has 30 atom stereocenters.